The lowest BCUT2D eigenvalue weighted by Gasteiger charge is -2.40. The summed E-state index contributed by atoms with van der Waals surface area (Å²) >= 11 is 0. The van der Waals surface area contributed by atoms with Gasteiger partial charge in [-0.05, 0) is 50.7 Å². The highest BCUT2D eigenvalue weighted by Gasteiger charge is 2.33. The Labute approximate surface area is 105 Å². The largest absolute Gasteiger partial charge is 0.299 e. The Bertz CT molecular complexity index is 433. The molecule has 0 atom stereocenters. The van der Waals surface area contributed by atoms with Gasteiger partial charge < -0.3 is 0 Å². The molecule has 1 aromatic rings. The molecule has 0 radical (unpaired) electrons. The van der Waals surface area contributed by atoms with Crippen molar-refractivity contribution in [3.8, 4) is 12.3 Å². The van der Waals surface area contributed by atoms with Crippen molar-refractivity contribution < 1.29 is 0 Å². The molecule has 1 aliphatic carbocycles. The van der Waals surface area contributed by atoms with Crippen LogP contribution in [-0.4, -0.2) is 11.6 Å². The molecule has 0 unspecified atom stereocenters. The van der Waals surface area contributed by atoms with Crippen LogP contribution in [0.5, 0.6) is 0 Å². The Morgan fingerprint density at radius 3 is 2.53 bits per heavy atom. The number of aryl methyl sites for hydroxylation is 1. The average molecular weight is 227 g/mol. The van der Waals surface area contributed by atoms with Crippen LogP contribution in [0.15, 0.2) is 24.3 Å². The summed E-state index contributed by atoms with van der Waals surface area (Å²) in [4.78, 5) is 0. The number of rotatable bonds is 3. The van der Waals surface area contributed by atoms with Crippen molar-refractivity contribution in [2.75, 3.05) is 0 Å². The summed E-state index contributed by atoms with van der Waals surface area (Å²) in [5.74, 6) is 3.51. The summed E-state index contributed by atoms with van der Waals surface area (Å²) in [5.41, 5.74) is 2.73. The van der Waals surface area contributed by atoms with Crippen LogP contribution in [-0.2, 0) is 0 Å². The van der Waals surface area contributed by atoms with Gasteiger partial charge in [0.15, 0.2) is 0 Å². The molecule has 17 heavy (non-hydrogen) atoms. The molecule has 0 aromatic heterocycles. The molecule has 1 heteroatoms. The van der Waals surface area contributed by atoms with E-state index in [9.17, 15) is 0 Å². The fourth-order valence-electron chi connectivity index (χ4n) is 2.59. The summed E-state index contributed by atoms with van der Waals surface area (Å²) in [5, 5.41) is 3.53. The second-order valence-electron chi connectivity index (χ2n) is 5.64. The lowest BCUT2D eigenvalue weighted by molar-refractivity contribution is 0.252. The maximum atomic E-state index is 5.49. The molecule has 1 aliphatic rings. The van der Waals surface area contributed by atoms with E-state index in [1.807, 2.05) is 0 Å². The fraction of sp³-hybridized carbons (Fsp3) is 0.500. The number of hydrogen-bond acceptors (Lipinski definition) is 1. The molecular weight excluding hydrogens is 206 g/mol. The molecule has 0 bridgehead atoms. The van der Waals surface area contributed by atoms with Gasteiger partial charge in [-0.1, -0.05) is 30.2 Å². The predicted molar refractivity (Wildman–Crippen MR) is 73.0 cm³/mol. The van der Waals surface area contributed by atoms with E-state index >= 15 is 0 Å². The minimum absolute atomic E-state index is 0.179. The SMILES string of the molecule is C#CC(C)(C)NC1CC(c2ccccc2C)C1. The van der Waals surface area contributed by atoms with Crippen molar-refractivity contribution in [1.29, 1.82) is 0 Å². The lowest BCUT2D eigenvalue weighted by atomic mass is 9.74. The standard InChI is InChI=1S/C16H21N/c1-5-16(3,4)17-14-10-13(11-14)15-9-7-6-8-12(15)2/h1,6-9,13-14,17H,10-11H2,2-4H3. The first-order valence-corrected chi connectivity index (χ1v) is 6.33. The highest BCUT2D eigenvalue weighted by molar-refractivity contribution is 5.31. The van der Waals surface area contributed by atoms with E-state index < -0.39 is 0 Å². The van der Waals surface area contributed by atoms with Crippen LogP contribution in [0.2, 0.25) is 0 Å². The van der Waals surface area contributed by atoms with Crippen molar-refractivity contribution >= 4 is 0 Å². The Morgan fingerprint density at radius 2 is 1.94 bits per heavy atom. The number of benzene rings is 1. The van der Waals surface area contributed by atoms with Crippen molar-refractivity contribution in [1.82, 2.24) is 5.32 Å². The Kier molecular flexibility index (Phi) is 3.26. The second kappa shape index (κ2) is 4.55. The van der Waals surface area contributed by atoms with Gasteiger partial charge in [-0.25, -0.2) is 0 Å². The van der Waals surface area contributed by atoms with Gasteiger partial charge in [0.1, 0.15) is 0 Å². The van der Waals surface area contributed by atoms with Crippen LogP contribution in [0, 0.1) is 19.3 Å². The normalized spacial score (nSPS) is 23.9. The molecule has 0 amide bonds. The molecule has 1 saturated carbocycles. The van der Waals surface area contributed by atoms with E-state index in [1.165, 1.54) is 24.0 Å². The maximum absolute atomic E-state index is 5.49. The van der Waals surface area contributed by atoms with Crippen LogP contribution < -0.4 is 5.32 Å². The highest BCUT2D eigenvalue weighted by atomic mass is 15.0. The summed E-state index contributed by atoms with van der Waals surface area (Å²) < 4.78 is 0. The summed E-state index contributed by atoms with van der Waals surface area (Å²) in [6, 6.07) is 9.26. The number of hydrogen-bond donors (Lipinski definition) is 1. The third kappa shape index (κ3) is 2.70. The highest BCUT2D eigenvalue weighted by Crippen LogP contribution is 2.38. The Balaban J connectivity index is 1.92. The summed E-state index contributed by atoms with van der Waals surface area (Å²) in [6.07, 6.45) is 7.90. The van der Waals surface area contributed by atoms with Gasteiger partial charge in [0.05, 0.1) is 5.54 Å². The zero-order valence-electron chi connectivity index (χ0n) is 11.0. The number of nitrogens with one attached hydrogen (secondary N) is 1. The van der Waals surface area contributed by atoms with Gasteiger partial charge in [-0.2, -0.15) is 0 Å². The van der Waals surface area contributed by atoms with Crippen LogP contribution >= 0.6 is 0 Å². The van der Waals surface area contributed by atoms with Gasteiger partial charge in [-0.3, -0.25) is 5.32 Å². The Hall–Kier alpha value is -1.26. The van der Waals surface area contributed by atoms with Crippen molar-refractivity contribution in [3.05, 3.63) is 35.4 Å². The molecule has 1 fully saturated rings. The minimum Gasteiger partial charge on any atom is -0.299 e. The zero-order valence-corrected chi connectivity index (χ0v) is 11.0. The molecule has 90 valence electrons. The van der Waals surface area contributed by atoms with E-state index in [4.69, 9.17) is 6.42 Å². The second-order valence-corrected chi connectivity index (χ2v) is 5.64. The van der Waals surface area contributed by atoms with E-state index in [0.29, 0.717) is 12.0 Å². The zero-order chi connectivity index (χ0) is 12.5. The van der Waals surface area contributed by atoms with Gasteiger partial charge in [0.2, 0.25) is 0 Å². The van der Waals surface area contributed by atoms with E-state index in [1.54, 1.807) is 0 Å². The lowest BCUT2D eigenvalue weighted by Crippen LogP contribution is -2.50. The van der Waals surface area contributed by atoms with Gasteiger partial charge in [0.25, 0.3) is 0 Å². The first-order chi connectivity index (χ1) is 8.02. The van der Waals surface area contributed by atoms with E-state index in [-0.39, 0.29) is 5.54 Å². The first kappa shape index (κ1) is 12.2. The van der Waals surface area contributed by atoms with Crippen molar-refractivity contribution in [3.63, 3.8) is 0 Å². The third-order valence-corrected chi connectivity index (χ3v) is 3.69. The first-order valence-electron chi connectivity index (χ1n) is 6.33. The minimum atomic E-state index is -0.179. The van der Waals surface area contributed by atoms with Crippen LogP contribution in [0.4, 0.5) is 0 Å². The predicted octanol–water partition coefficient (Wildman–Crippen LogP) is 3.24. The third-order valence-electron chi connectivity index (χ3n) is 3.69. The quantitative estimate of drug-likeness (QED) is 0.782. The summed E-state index contributed by atoms with van der Waals surface area (Å²) in [6.45, 7) is 6.32. The van der Waals surface area contributed by atoms with Crippen molar-refractivity contribution in [2.45, 2.75) is 51.1 Å². The van der Waals surface area contributed by atoms with E-state index in [0.717, 1.165) is 0 Å². The molecule has 0 aliphatic heterocycles. The molecule has 1 aromatic carbocycles. The maximum Gasteiger partial charge on any atom is 0.0743 e. The Morgan fingerprint density at radius 1 is 1.29 bits per heavy atom. The van der Waals surface area contributed by atoms with Gasteiger partial charge in [0, 0.05) is 6.04 Å². The van der Waals surface area contributed by atoms with E-state index in [2.05, 4.69) is 56.3 Å². The molecule has 0 heterocycles. The topological polar surface area (TPSA) is 12.0 Å². The number of terminal acetylenes is 1. The van der Waals surface area contributed by atoms with Crippen LogP contribution in [0.1, 0.15) is 43.7 Å². The van der Waals surface area contributed by atoms with Gasteiger partial charge in [-0.15, -0.1) is 6.42 Å². The molecule has 0 spiro atoms. The smallest absolute Gasteiger partial charge is 0.0743 e. The van der Waals surface area contributed by atoms with Gasteiger partial charge >= 0.3 is 0 Å². The monoisotopic (exact) mass is 227 g/mol. The summed E-state index contributed by atoms with van der Waals surface area (Å²) in [7, 11) is 0. The van der Waals surface area contributed by atoms with Crippen LogP contribution in [0.25, 0.3) is 0 Å². The molecule has 2 rings (SSSR count). The molecule has 1 nitrogen and oxygen atoms in total. The molecule has 0 saturated heterocycles. The molecular formula is C16H21N. The van der Waals surface area contributed by atoms with Crippen LogP contribution in [0.3, 0.4) is 0 Å². The average Bonchev–Trinajstić information content (AvgIpc) is 2.24. The molecule has 1 N–H and O–H groups in total. The fourth-order valence-corrected chi connectivity index (χ4v) is 2.59. The van der Waals surface area contributed by atoms with Crippen molar-refractivity contribution in [2.24, 2.45) is 0 Å².